The quantitative estimate of drug-likeness (QED) is 0.626. The highest BCUT2D eigenvalue weighted by Gasteiger charge is 2.16. The Balaban J connectivity index is 1.93. The van der Waals surface area contributed by atoms with Gasteiger partial charge in [0, 0.05) is 6.07 Å². The van der Waals surface area contributed by atoms with Crippen molar-refractivity contribution in [3.8, 4) is 5.75 Å². The van der Waals surface area contributed by atoms with E-state index in [1.807, 2.05) is 6.92 Å². The molecule has 1 N–H and O–H groups in total. The minimum atomic E-state index is -0.401. The molecule has 17 heavy (non-hydrogen) atoms. The standard InChI is InChI=1S/C12H16N2O3/c1-9-2-3-11(14(15)16)6-12(9)17-5-4-10-7-13-8-10/h2-3,6,10,13H,4-5,7-8H2,1H3. The van der Waals surface area contributed by atoms with E-state index in [-0.39, 0.29) is 5.69 Å². The summed E-state index contributed by atoms with van der Waals surface area (Å²) in [7, 11) is 0. The van der Waals surface area contributed by atoms with Gasteiger partial charge in [-0.2, -0.15) is 0 Å². The van der Waals surface area contributed by atoms with Crippen LogP contribution in [0.1, 0.15) is 12.0 Å². The number of hydrogen-bond acceptors (Lipinski definition) is 4. The molecule has 1 heterocycles. The van der Waals surface area contributed by atoms with E-state index in [0.717, 1.165) is 25.1 Å². The lowest BCUT2D eigenvalue weighted by molar-refractivity contribution is -0.384. The summed E-state index contributed by atoms with van der Waals surface area (Å²) in [5, 5.41) is 13.8. The van der Waals surface area contributed by atoms with E-state index in [1.165, 1.54) is 12.1 Å². The van der Waals surface area contributed by atoms with Gasteiger partial charge in [-0.3, -0.25) is 10.1 Å². The van der Waals surface area contributed by atoms with Crippen LogP contribution >= 0.6 is 0 Å². The molecular weight excluding hydrogens is 220 g/mol. The highest BCUT2D eigenvalue weighted by Crippen LogP contribution is 2.24. The lowest BCUT2D eigenvalue weighted by Gasteiger charge is -2.26. The molecule has 92 valence electrons. The van der Waals surface area contributed by atoms with Crippen LogP contribution in [0.25, 0.3) is 0 Å². The molecule has 2 rings (SSSR count). The van der Waals surface area contributed by atoms with E-state index < -0.39 is 4.92 Å². The fraction of sp³-hybridized carbons (Fsp3) is 0.500. The molecule has 0 aliphatic carbocycles. The second-order valence-corrected chi connectivity index (χ2v) is 4.37. The highest BCUT2D eigenvalue weighted by atomic mass is 16.6. The average molecular weight is 236 g/mol. The average Bonchev–Trinajstić information content (AvgIpc) is 2.23. The van der Waals surface area contributed by atoms with Crippen LogP contribution < -0.4 is 10.1 Å². The molecule has 0 amide bonds. The van der Waals surface area contributed by atoms with Crippen LogP contribution in [0.15, 0.2) is 18.2 Å². The van der Waals surface area contributed by atoms with Gasteiger partial charge in [-0.15, -0.1) is 0 Å². The predicted molar refractivity (Wildman–Crippen MR) is 64.3 cm³/mol. The lowest BCUT2D eigenvalue weighted by Crippen LogP contribution is -2.42. The van der Waals surface area contributed by atoms with Crippen LogP contribution in [0.5, 0.6) is 5.75 Å². The molecule has 5 nitrogen and oxygen atoms in total. The van der Waals surface area contributed by atoms with Crippen molar-refractivity contribution in [3.63, 3.8) is 0 Å². The Hall–Kier alpha value is -1.62. The van der Waals surface area contributed by atoms with Crippen molar-refractivity contribution >= 4 is 5.69 Å². The fourth-order valence-corrected chi connectivity index (χ4v) is 1.75. The van der Waals surface area contributed by atoms with Gasteiger partial charge in [-0.05, 0) is 44.0 Å². The zero-order valence-electron chi connectivity index (χ0n) is 9.81. The summed E-state index contributed by atoms with van der Waals surface area (Å²) in [5.41, 5.74) is 1.01. The molecule has 1 fully saturated rings. The third kappa shape index (κ3) is 2.94. The SMILES string of the molecule is Cc1ccc([N+](=O)[O-])cc1OCCC1CNC1. The van der Waals surface area contributed by atoms with Crippen molar-refractivity contribution in [2.75, 3.05) is 19.7 Å². The van der Waals surface area contributed by atoms with Crippen LogP contribution in [0.3, 0.4) is 0 Å². The predicted octanol–water partition coefficient (Wildman–Crippen LogP) is 1.89. The molecule has 0 atom stereocenters. The van der Waals surface area contributed by atoms with Crippen LogP contribution in [0, 0.1) is 23.0 Å². The van der Waals surface area contributed by atoms with E-state index in [2.05, 4.69) is 5.32 Å². The van der Waals surface area contributed by atoms with E-state index in [4.69, 9.17) is 4.74 Å². The number of nitro benzene ring substituents is 1. The first-order valence-electron chi connectivity index (χ1n) is 5.75. The van der Waals surface area contributed by atoms with Gasteiger partial charge in [0.15, 0.2) is 0 Å². The summed E-state index contributed by atoms with van der Waals surface area (Å²) in [6, 6.07) is 4.71. The number of nitrogens with zero attached hydrogens (tertiary/aromatic N) is 1. The molecule has 0 spiro atoms. The number of aryl methyl sites for hydroxylation is 1. The van der Waals surface area contributed by atoms with Crippen molar-refractivity contribution in [1.29, 1.82) is 0 Å². The van der Waals surface area contributed by atoms with Gasteiger partial charge in [0.05, 0.1) is 17.6 Å². The van der Waals surface area contributed by atoms with E-state index >= 15 is 0 Å². The Morgan fingerprint density at radius 2 is 2.29 bits per heavy atom. The first-order valence-corrected chi connectivity index (χ1v) is 5.75. The summed E-state index contributed by atoms with van der Waals surface area (Å²) < 4.78 is 5.60. The van der Waals surface area contributed by atoms with Crippen molar-refractivity contribution < 1.29 is 9.66 Å². The topological polar surface area (TPSA) is 64.4 Å². The number of hydrogen-bond donors (Lipinski definition) is 1. The number of ether oxygens (including phenoxy) is 1. The summed E-state index contributed by atoms with van der Waals surface area (Å²) >= 11 is 0. The Labute approximate surface area is 99.9 Å². The highest BCUT2D eigenvalue weighted by molar-refractivity contribution is 5.43. The van der Waals surface area contributed by atoms with Gasteiger partial charge >= 0.3 is 0 Å². The molecular formula is C12H16N2O3. The van der Waals surface area contributed by atoms with Crippen LogP contribution in [0.2, 0.25) is 0 Å². The minimum Gasteiger partial charge on any atom is -0.493 e. The Bertz CT molecular complexity index is 416. The Morgan fingerprint density at radius 1 is 1.53 bits per heavy atom. The molecule has 1 aliphatic heterocycles. The molecule has 1 aromatic carbocycles. The van der Waals surface area contributed by atoms with Gasteiger partial charge in [0.25, 0.3) is 5.69 Å². The van der Waals surface area contributed by atoms with Crippen molar-refractivity contribution in [2.45, 2.75) is 13.3 Å². The smallest absolute Gasteiger partial charge is 0.273 e. The van der Waals surface area contributed by atoms with Crippen molar-refractivity contribution in [2.24, 2.45) is 5.92 Å². The number of nitro groups is 1. The normalized spacial score (nSPS) is 15.4. The molecule has 0 aromatic heterocycles. The van der Waals surface area contributed by atoms with Gasteiger partial charge in [0.2, 0.25) is 0 Å². The third-order valence-electron chi connectivity index (χ3n) is 3.03. The minimum absolute atomic E-state index is 0.0795. The number of benzene rings is 1. The molecule has 0 unspecified atom stereocenters. The van der Waals surface area contributed by atoms with Gasteiger partial charge in [0.1, 0.15) is 5.75 Å². The van der Waals surface area contributed by atoms with Gasteiger partial charge in [-0.1, -0.05) is 0 Å². The maximum Gasteiger partial charge on any atom is 0.273 e. The molecule has 1 aliphatic rings. The summed E-state index contributed by atoms with van der Waals surface area (Å²) in [6.07, 6.45) is 0.995. The summed E-state index contributed by atoms with van der Waals surface area (Å²) in [4.78, 5) is 10.2. The summed E-state index contributed by atoms with van der Waals surface area (Å²) in [5.74, 6) is 1.31. The molecule has 0 saturated carbocycles. The second kappa shape index (κ2) is 5.14. The molecule has 1 aromatic rings. The molecule has 1 saturated heterocycles. The van der Waals surface area contributed by atoms with E-state index in [1.54, 1.807) is 6.07 Å². The fourth-order valence-electron chi connectivity index (χ4n) is 1.75. The van der Waals surface area contributed by atoms with Gasteiger partial charge in [-0.25, -0.2) is 0 Å². The zero-order valence-corrected chi connectivity index (χ0v) is 9.81. The van der Waals surface area contributed by atoms with Gasteiger partial charge < -0.3 is 10.1 Å². The van der Waals surface area contributed by atoms with E-state index in [0.29, 0.717) is 18.3 Å². The summed E-state index contributed by atoms with van der Waals surface area (Å²) in [6.45, 7) is 4.62. The van der Waals surface area contributed by atoms with Crippen LogP contribution in [0.4, 0.5) is 5.69 Å². The van der Waals surface area contributed by atoms with Crippen molar-refractivity contribution in [3.05, 3.63) is 33.9 Å². The van der Waals surface area contributed by atoms with Crippen LogP contribution in [-0.2, 0) is 0 Å². The maximum absolute atomic E-state index is 10.6. The lowest BCUT2D eigenvalue weighted by atomic mass is 10.0. The number of nitrogens with one attached hydrogen (secondary N) is 1. The molecule has 5 heteroatoms. The van der Waals surface area contributed by atoms with Crippen LogP contribution in [-0.4, -0.2) is 24.6 Å². The molecule has 0 bridgehead atoms. The Kier molecular flexibility index (Phi) is 3.58. The third-order valence-corrected chi connectivity index (χ3v) is 3.03. The number of non-ortho nitro benzene ring substituents is 1. The zero-order chi connectivity index (χ0) is 12.3. The monoisotopic (exact) mass is 236 g/mol. The van der Waals surface area contributed by atoms with E-state index in [9.17, 15) is 10.1 Å². The Morgan fingerprint density at radius 3 is 2.88 bits per heavy atom. The molecule has 0 radical (unpaired) electrons. The van der Waals surface area contributed by atoms with Crippen molar-refractivity contribution in [1.82, 2.24) is 5.32 Å². The number of rotatable bonds is 5. The second-order valence-electron chi connectivity index (χ2n) is 4.37. The first-order chi connectivity index (χ1) is 8.16. The largest absolute Gasteiger partial charge is 0.493 e. The maximum atomic E-state index is 10.6. The first kappa shape index (κ1) is 11.9.